The molecule has 0 atom stereocenters. The molecule has 0 heterocycles. The molecule has 0 aliphatic carbocycles. The van der Waals surface area contributed by atoms with Gasteiger partial charge in [0.2, 0.25) is 0 Å². The summed E-state index contributed by atoms with van der Waals surface area (Å²) >= 11 is 0. The van der Waals surface area contributed by atoms with Crippen molar-refractivity contribution in [3.05, 3.63) is 0 Å². The largest absolute Gasteiger partial charge is 0.465 e. The van der Waals surface area contributed by atoms with Crippen LogP contribution in [0.5, 0.6) is 0 Å². The Kier molecular flexibility index (Phi) is 4.24. The van der Waals surface area contributed by atoms with E-state index >= 15 is 0 Å². The summed E-state index contributed by atoms with van der Waals surface area (Å²) in [6.07, 6.45) is 0.0553. The fourth-order valence-electron chi connectivity index (χ4n) is 0.664. The van der Waals surface area contributed by atoms with Gasteiger partial charge >= 0.3 is 5.97 Å². The maximum Gasteiger partial charge on any atom is 0.308 e. The van der Waals surface area contributed by atoms with Crippen LogP contribution in [0.25, 0.3) is 0 Å². The third kappa shape index (κ3) is 7.54. The van der Waals surface area contributed by atoms with Gasteiger partial charge < -0.3 is 9.84 Å². The van der Waals surface area contributed by atoms with Crippen LogP contribution >= 0.6 is 0 Å². The molecular weight excluding hydrogens is 156 g/mol. The molecule has 0 saturated carbocycles. The van der Waals surface area contributed by atoms with Gasteiger partial charge in [-0.1, -0.05) is 13.8 Å². The van der Waals surface area contributed by atoms with Crippen LogP contribution in [0.2, 0.25) is 0 Å². The summed E-state index contributed by atoms with van der Waals surface area (Å²) in [6, 6.07) is 0. The van der Waals surface area contributed by atoms with Crippen molar-refractivity contribution in [3.8, 4) is 0 Å². The van der Waals surface area contributed by atoms with Gasteiger partial charge in [0.25, 0.3) is 0 Å². The van der Waals surface area contributed by atoms with Crippen LogP contribution in [-0.2, 0) is 9.53 Å². The van der Waals surface area contributed by atoms with E-state index in [1.54, 1.807) is 13.8 Å². The lowest BCUT2D eigenvalue weighted by Gasteiger charge is -2.16. The van der Waals surface area contributed by atoms with Gasteiger partial charge in [0.15, 0.2) is 0 Å². The Labute approximate surface area is 73.7 Å². The Morgan fingerprint density at radius 1 is 1.50 bits per heavy atom. The summed E-state index contributed by atoms with van der Waals surface area (Å²) in [5, 5.41) is 9.25. The maximum absolute atomic E-state index is 11.0. The molecule has 0 saturated heterocycles. The number of carbonyl (C=O) groups is 1. The lowest BCUT2D eigenvalue weighted by molar-refractivity contribution is -0.149. The smallest absolute Gasteiger partial charge is 0.308 e. The molecule has 0 fully saturated rings. The summed E-state index contributed by atoms with van der Waals surface area (Å²) in [5.41, 5.74) is -0.964. The van der Waals surface area contributed by atoms with Gasteiger partial charge in [0, 0.05) is 0 Å². The number of esters is 1. The second kappa shape index (κ2) is 4.45. The van der Waals surface area contributed by atoms with Crippen LogP contribution in [0.15, 0.2) is 0 Å². The molecule has 0 spiro atoms. The van der Waals surface area contributed by atoms with E-state index in [1.165, 1.54) is 0 Å². The van der Waals surface area contributed by atoms with E-state index in [1.807, 2.05) is 13.8 Å². The van der Waals surface area contributed by atoms with Crippen molar-refractivity contribution in [3.63, 3.8) is 0 Å². The molecule has 3 nitrogen and oxygen atoms in total. The third-order valence-corrected chi connectivity index (χ3v) is 1.15. The van der Waals surface area contributed by atoms with Crippen molar-refractivity contribution < 1.29 is 14.6 Å². The second-order valence-electron chi connectivity index (χ2n) is 4.07. The quantitative estimate of drug-likeness (QED) is 0.654. The zero-order valence-corrected chi connectivity index (χ0v) is 8.26. The van der Waals surface area contributed by atoms with E-state index in [0.29, 0.717) is 12.5 Å². The fourth-order valence-corrected chi connectivity index (χ4v) is 0.664. The molecule has 3 heteroatoms. The Hall–Kier alpha value is -0.570. The van der Waals surface area contributed by atoms with Gasteiger partial charge in [-0.05, 0) is 19.8 Å². The summed E-state index contributed by atoms with van der Waals surface area (Å²) < 4.78 is 4.88. The van der Waals surface area contributed by atoms with Crippen molar-refractivity contribution in [2.75, 3.05) is 6.61 Å². The number of rotatable bonds is 4. The molecule has 0 amide bonds. The first kappa shape index (κ1) is 11.4. The molecule has 72 valence electrons. The van der Waals surface area contributed by atoms with E-state index in [2.05, 4.69) is 0 Å². The number of hydrogen-bond donors (Lipinski definition) is 1. The third-order valence-electron chi connectivity index (χ3n) is 1.15. The standard InChI is InChI=1S/C9H18O3/c1-7(2)6-12-8(10)5-9(3,4)11/h7,11H,5-6H2,1-4H3. The molecule has 0 aromatic heterocycles. The number of aliphatic hydroxyl groups is 1. The van der Waals surface area contributed by atoms with E-state index in [-0.39, 0.29) is 12.4 Å². The van der Waals surface area contributed by atoms with Crippen LogP contribution in [-0.4, -0.2) is 23.3 Å². The molecule has 0 aliphatic rings. The van der Waals surface area contributed by atoms with Crippen molar-refractivity contribution in [1.29, 1.82) is 0 Å². The maximum atomic E-state index is 11.0. The van der Waals surface area contributed by atoms with Gasteiger partial charge in [-0.15, -0.1) is 0 Å². The highest BCUT2D eigenvalue weighted by Crippen LogP contribution is 2.08. The molecule has 0 unspecified atom stereocenters. The fraction of sp³-hybridized carbons (Fsp3) is 0.889. The molecule has 1 N–H and O–H groups in total. The Balaban J connectivity index is 3.61. The SMILES string of the molecule is CC(C)COC(=O)CC(C)(C)O. The highest BCUT2D eigenvalue weighted by molar-refractivity contribution is 5.70. The van der Waals surface area contributed by atoms with Gasteiger partial charge in [-0.2, -0.15) is 0 Å². The molecule has 0 bridgehead atoms. The number of carbonyl (C=O) groups excluding carboxylic acids is 1. The van der Waals surface area contributed by atoms with Gasteiger partial charge in [-0.25, -0.2) is 0 Å². The molecule has 0 rings (SSSR count). The van der Waals surface area contributed by atoms with Gasteiger partial charge in [0.1, 0.15) is 0 Å². The highest BCUT2D eigenvalue weighted by atomic mass is 16.5. The van der Waals surface area contributed by atoms with Crippen molar-refractivity contribution in [1.82, 2.24) is 0 Å². The number of hydrogen-bond acceptors (Lipinski definition) is 3. The zero-order valence-electron chi connectivity index (χ0n) is 8.26. The molecule has 0 aliphatic heterocycles. The first-order valence-electron chi connectivity index (χ1n) is 4.19. The van der Waals surface area contributed by atoms with Crippen LogP contribution < -0.4 is 0 Å². The van der Waals surface area contributed by atoms with Crippen molar-refractivity contribution >= 4 is 5.97 Å². The second-order valence-corrected chi connectivity index (χ2v) is 4.07. The van der Waals surface area contributed by atoms with E-state index in [9.17, 15) is 9.90 Å². The molecular formula is C9H18O3. The summed E-state index contributed by atoms with van der Waals surface area (Å²) in [4.78, 5) is 11.0. The van der Waals surface area contributed by atoms with Crippen LogP contribution in [0.1, 0.15) is 34.1 Å². The summed E-state index contributed by atoms with van der Waals surface area (Å²) in [6.45, 7) is 7.54. The van der Waals surface area contributed by atoms with E-state index in [4.69, 9.17) is 4.74 Å². The minimum absolute atomic E-state index is 0.0553. The lowest BCUT2D eigenvalue weighted by atomic mass is 10.1. The average Bonchev–Trinajstić information content (AvgIpc) is 1.79. The minimum Gasteiger partial charge on any atom is -0.465 e. The van der Waals surface area contributed by atoms with Crippen molar-refractivity contribution in [2.45, 2.75) is 39.7 Å². The topological polar surface area (TPSA) is 46.5 Å². The normalized spacial score (nSPS) is 11.8. The Morgan fingerprint density at radius 2 is 2.00 bits per heavy atom. The van der Waals surface area contributed by atoms with E-state index in [0.717, 1.165) is 0 Å². The minimum atomic E-state index is -0.964. The van der Waals surface area contributed by atoms with Gasteiger partial charge in [0.05, 0.1) is 18.6 Å². The molecule has 0 aromatic rings. The predicted octanol–water partition coefficient (Wildman–Crippen LogP) is 1.35. The predicted molar refractivity (Wildman–Crippen MR) is 46.7 cm³/mol. The Morgan fingerprint density at radius 3 is 2.33 bits per heavy atom. The average molecular weight is 174 g/mol. The summed E-state index contributed by atoms with van der Waals surface area (Å²) in [5.74, 6) is 0.00644. The highest BCUT2D eigenvalue weighted by Gasteiger charge is 2.18. The van der Waals surface area contributed by atoms with Crippen LogP contribution in [0.4, 0.5) is 0 Å². The van der Waals surface area contributed by atoms with Crippen LogP contribution in [0.3, 0.4) is 0 Å². The van der Waals surface area contributed by atoms with Crippen LogP contribution in [0, 0.1) is 5.92 Å². The Bertz CT molecular complexity index is 144. The first-order chi connectivity index (χ1) is 5.31. The monoisotopic (exact) mass is 174 g/mol. The number of ether oxygens (including phenoxy) is 1. The molecule has 12 heavy (non-hydrogen) atoms. The lowest BCUT2D eigenvalue weighted by Crippen LogP contribution is -2.25. The molecule has 0 radical (unpaired) electrons. The first-order valence-corrected chi connectivity index (χ1v) is 4.19. The van der Waals surface area contributed by atoms with E-state index < -0.39 is 5.60 Å². The summed E-state index contributed by atoms with van der Waals surface area (Å²) in [7, 11) is 0. The molecule has 0 aromatic carbocycles. The zero-order chi connectivity index (χ0) is 9.78. The van der Waals surface area contributed by atoms with Crippen molar-refractivity contribution in [2.24, 2.45) is 5.92 Å². The van der Waals surface area contributed by atoms with Gasteiger partial charge in [-0.3, -0.25) is 4.79 Å².